The molecule has 1 aliphatic heterocycles. The summed E-state index contributed by atoms with van der Waals surface area (Å²) in [6.45, 7) is 11.7. The number of aliphatic hydroxyl groups excluding tert-OH is 1. The Balaban J connectivity index is 1.97. The van der Waals surface area contributed by atoms with Gasteiger partial charge in [-0.2, -0.15) is 0 Å². The average Bonchev–Trinajstić information content (AvgIpc) is 2.69. The zero-order valence-electron chi connectivity index (χ0n) is 11.8. The van der Waals surface area contributed by atoms with Gasteiger partial charge in [0.05, 0.1) is 6.61 Å². The highest BCUT2D eigenvalue weighted by Gasteiger charge is 2.22. The molecule has 3 heteroatoms. The number of hydrogen-bond acceptors (Lipinski definition) is 3. The summed E-state index contributed by atoms with van der Waals surface area (Å²) in [5, 5.41) is 12.7. The molecule has 0 spiro atoms. The van der Waals surface area contributed by atoms with Gasteiger partial charge in [0.25, 0.3) is 0 Å². The Labute approximate surface area is 107 Å². The van der Waals surface area contributed by atoms with Gasteiger partial charge < -0.3 is 10.4 Å². The molecule has 0 bridgehead atoms. The predicted molar refractivity (Wildman–Crippen MR) is 73.2 cm³/mol. The van der Waals surface area contributed by atoms with Crippen molar-refractivity contribution < 1.29 is 5.11 Å². The number of hydrogen-bond donors (Lipinski definition) is 2. The first-order valence-corrected chi connectivity index (χ1v) is 7.08. The van der Waals surface area contributed by atoms with E-state index < -0.39 is 0 Å². The van der Waals surface area contributed by atoms with E-state index in [-0.39, 0.29) is 0 Å². The number of unbranched alkanes of at least 4 members (excludes halogenated alkanes) is 1. The first-order valence-electron chi connectivity index (χ1n) is 7.08. The van der Waals surface area contributed by atoms with Crippen LogP contribution in [-0.2, 0) is 0 Å². The summed E-state index contributed by atoms with van der Waals surface area (Å²) in [5.74, 6) is 0. The van der Waals surface area contributed by atoms with Gasteiger partial charge in [-0.1, -0.05) is 20.8 Å². The lowest BCUT2D eigenvalue weighted by Gasteiger charge is -2.23. The van der Waals surface area contributed by atoms with E-state index in [4.69, 9.17) is 0 Å². The smallest absolute Gasteiger partial charge is 0.0586 e. The maximum absolute atomic E-state index is 9.21. The van der Waals surface area contributed by atoms with Crippen molar-refractivity contribution in [3.05, 3.63) is 0 Å². The average molecular weight is 242 g/mol. The molecule has 1 rings (SSSR count). The molecular formula is C14H30N2O. The molecule has 0 aliphatic carbocycles. The second kappa shape index (κ2) is 7.34. The molecular weight excluding hydrogens is 212 g/mol. The van der Waals surface area contributed by atoms with E-state index in [1.807, 2.05) is 0 Å². The van der Waals surface area contributed by atoms with Crippen molar-refractivity contribution in [1.82, 2.24) is 10.2 Å². The zero-order valence-corrected chi connectivity index (χ0v) is 11.8. The number of nitrogens with one attached hydrogen (secondary N) is 1. The molecule has 2 N–H and O–H groups in total. The summed E-state index contributed by atoms with van der Waals surface area (Å²) < 4.78 is 0. The summed E-state index contributed by atoms with van der Waals surface area (Å²) in [4.78, 5) is 2.45. The van der Waals surface area contributed by atoms with Crippen molar-refractivity contribution in [1.29, 1.82) is 0 Å². The number of rotatable bonds is 7. The Morgan fingerprint density at radius 2 is 2.06 bits per heavy atom. The lowest BCUT2D eigenvalue weighted by Crippen LogP contribution is -2.33. The Morgan fingerprint density at radius 3 is 2.71 bits per heavy atom. The molecule has 17 heavy (non-hydrogen) atoms. The third-order valence-corrected chi connectivity index (χ3v) is 3.41. The van der Waals surface area contributed by atoms with Crippen LogP contribution in [0.25, 0.3) is 0 Å². The minimum atomic E-state index is 0.336. The molecule has 1 heterocycles. The van der Waals surface area contributed by atoms with Crippen molar-refractivity contribution in [2.45, 2.75) is 52.5 Å². The summed E-state index contributed by atoms with van der Waals surface area (Å²) in [5.41, 5.74) is 0.386. The minimum Gasteiger partial charge on any atom is -0.395 e. The minimum absolute atomic E-state index is 0.336. The topological polar surface area (TPSA) is 35.5 Å². The van der Waals surface area contributed by atoms with Crippen molar-refractivity contribution in [3.63, 3.8) is 0 Å². The molecule has 3 nitrogen and oxygen atoms in total. The first kappa shape index (κ1) is 14.9. The Bertz CT molecular complexity index is 201. The molecule has 0 aromatic heterocycles. The second-order valence-corrected chi connectivity index (χ2v) is 6.46. The van der Waals surface area contributed by atoms with Crippen LogP contribution >= 0.6 is 0 Å². The molecule has 1 saturated heterocycles. The molecule has 1 aliphatic rings. The highest BCUT2D eigenvalue weighted by atomic mass is 16.3. The van der Waals surface area contributed by atoms with Gasteiger partial charge in [-0.3, -0.25) is 4.90 Å². The third-order valence-electron chi connectivity index (χ3n) is 3.41. The van der Waals surface area contributed by atoms with Crippen LogP contribution in [0, 0.1) is 5.41 Å². The van der Waals surface area contributed by atoms with Gasteiger partial charge in [-0.15, -0.1) is 0 Å². The first-order chi connectivity index (χ1) is 8.03. The summed E-state index contributed by atoms with van der Waals surface area (Å²) in [6.07, 6.45) is 4.92. The van der Waals surface area contributed by atoms with Crippen LogP contribution in [0.5, 0.6) is 0 Å². The Morgan fingerprint density at radius 1 is 1.29 bits per heavy atom. The van der Waals surface area contributed by atoms with Crippen LogP contribution in [0.1, 0.15) is 46.5 Å². The zero-order chi connectivity index (χ0) is 12.7. The Kier molecular flexibility index (Phi) is 6.45. The van der Waals surface area contributed by atoms with E-state index in [0.717, 1.165) is 19.6 Å². The van der Waals surface area contributed by atoms with Gasteiger partial charge >= 0.3 is 0 Å². The summed E-state index contributed by atoms with van der Waals surface area (Å²) >= 11 is 0. The predicted octanol–water partition coefficient (Wildman–Crippen LogP) is 1.86. The molecule has 1 unspecified atom stereocenters. The highest BCUT2D eigenvalue weighted by molar-refractivity contribution is 4.78. The quantitative estimate of drug-likeness (QED) is 0.669. The Hall–Kier alpha value is -0.120. The molecule has 0 saturated carbocycles. The summed E-state index contributed by atoms with van der Waals surface area (Å²) in [6, 6.07) is 0.442. The fraction of sp³-hybridized carbons (Fsp3) is 1.00. The lowest BCUT2D eigenvalue weighted by atomic mass is 9.97. The molecule has 1 fully saturated rings. The van der Waals surface area contributed by atoms with Crippen molar-refractivity contribution in [2.75, 3.05) is 32.8 Å². The largest absolute Gasteiger partial charge is 0.395 e. The van der Waals surface area contributed by atoms with Crippen LogP contribution in [0.4, 0.5) is 0 Å². The normalized spacial score (nSPS) is 22.2. The van der Waals surface area contributed by atoms with Gasteiger partial charge in [0.15, 0.2) is 0 Å². The summed E-state index contributed by atoms with van der Waals surface area (Å²) in [7, 11) is 0. The van der Waals surface area contributed by atoms with Crippen molar-refractivity contribution in [2.24, 2.45) is 5.41 Å². The number of aliphatic hydroxyl groups is 1. The van der Waals surface area contributed by atoms with Crippen LogP contribution in [0.2, 0.25) is 0 Å². The van der Waals surface area contributed by atoms with Gasteiger partial charge in [0.2, 0.25) is 0 Å². The van der Waals surface area contributed by atoms with E-state index in [9.17, 15) is 5.11 Å². The molecule has 0 radical (unpaired) electrons. The maximum Gasteiger partial charge on any atom is 0.0586 e. The highest BCUT2D eigenvalue weighted by Crippen LogP contribution is 2.16. The molecule has 1 atom stereocenters. The van der Waals surface area contributed by atoms with Gasteiger partial charge in [-0.25, -0.2) is 0 Å². The SMILES string of the molecule is CC(C)(C)CNCCCCN1CCCC1CO. The van der Waals surface area contributed by atoms with Crippen LogP contribution in [0.15, 0.2) is 0 Å². The fourth-order valence-electron chi connectivity index (χ4n) is 2.42. The van der Waals surface area contributed by atoms with Gasteiger partial charge in [0, 0.05) is 6.04 Å². The van der Waals surface area contributed by atoms with Crippen LogP contribution < -0.4 is 5.32 Å². The van der Waals surface area contributed by atoms with E-state index >= 15 is 0 Å². The number of nitrogens with zero attached hydrogens (tertiary/aromatic N) is 1. The maximum atomic E-state index is 9.21. The third kappa shape index (κ3) is 6.39. The standard InChI is InChI=1S/C14H30N2O/c1-14(2,3)12-15-8-4-5-9-16-10-6-7-13(16)11-17/h13,15,17H,4-12H2,1-3H3. The fourth-order valence-corrected chi connectivity index (χ4v) is 2.42. The molecule has 102 valence electrons. The van der Waals surface area contributed by atoms with Crippen molar-refractivity contribution in [3.8, 4) is 0 Å². The second-order valence-electron chi connectivity index (χ2n) is 6.46. The van der Waals surface area contributed by atoms with E-state index in [1.165, 1.54) is 32.2 Å². The van der Waals surface area contributed by atoms with E-state index in [2.05, 4.69) is 31.0 Å². The van der Waals surface area contributed by atoms with Gasteiger partial charge in [0.1, 0.15) is 0 Å². The molecule has 0 aromatic carbocycles. The lowest BCUT2D eigenvalue weighted by molar-refractivity contribution is 0.157. The number of likely N-dealkylation sites (tertiary alicyclic amines) is 1. The van der Waals surface area contributed by atoms with Crippen LogP contribution in [-0.4, -0.2) is 48.8 Å². The monoisotopic (exact) mass is 242 g/mol. The van der Waals surface area contributed by atoms with E-state index in [0.29, 0.717) is 18.1 Å². The van der Waals surface area contributed by atoms with Crippen LogP contribution in [0.3, 0.4) is 0 Å². The molecule has 0 amide bonds. The van der Waals surface area contributed by atoms with Crippen molar-refractivity contribution >= 4 is 0 Å². The van der Waals surface area contributed by atoms with E-state index in [1.54, 1.807) is 0 Å². The molecule has 0 aromatic rings. The van der Waals surface area contributed by atoms with Gasteiger partial charge in [-0.05, 0) is 57.3 Å².